The van der Waals surface area contributed by atoms with Crippen LogP contribution in [-0.4, -0.2) is 58.8 Å². The third-order valence-electron chi connectivity index (χ3n) is 5.26. The van der Waals surface area contributed by atoms with Crippen LogP contribution in [-0.2, 0) is 11.3 Å². The Morgan fingerprint density at radius 2 is 1.60 bits per heavy atom. The number of rotatable bonds is 6. The van der Waals surface area contributed by atoms with Gasteiger partial charge in [0.2, 0.25) is 5.89 Å². The van der Waals surface area contributed by atoms with Gasteiger partial charge in [-0.05, 0) is 18.1 Å². The highest BCUT2D eigenvalue weighted by Crippen LogP contribution is 2.30. The molecule has 0 spiro atoms. The fourth-order valence-electron chi connectivity index (χ4n) is 3.73. The van der Waals surface area contributed by atoms with Crippen molar-refractivity contribution in [2.45, 2.75) is 19.4 Å². The van der Waals surface area contributed by atoms with Crippen LogP contribution in [0.2, 0.25) is 0 Å². The summed E-state index contributed by atoms with van der Waals surface area (Å²) in [5.74, 6) is 1.17. The summed E-state index contributed by atoms with van der Waals surface area (Å²) in [6.45, 7) is 5.55. The highest BCUT2D eigenvalue weighted by Gasteiger charge is 2.25. The molecule has 0 unspecified atom stereocenters. The maximum absolute atomic E-state index is 11.9. The molecule has 1 aliphatic rings. The lowest BCUT2D eigenvalue weighted by Crippen LogP contribution is -2.48. The molecule has 156 valence electrons. The topological polar surface area (TPSA) is 71.7 Å². The van der Waals surface area contributed by atoms with Gasteiger partial charge < -0.3 is 14.2 Å². The fraction of sp³-hybridized carbons (Fsp3) is 0.348. The van der Waals surface area contributed by atoms with Crippen molar-refractivity contribution in [3.8, 4) is 0 Å². The number of hydrogen-bond donors (Lipinski definition) is 0. The van der Waals surface area contributed by atoms with E-state index in [4.69, 9.17) is 14.2 Å². The number of nitrogens with zero attached hydrogens (tertiary/aromatic N) is 4. The number of aromatic nitrogens is 2. The lowest BCUT2D eigenvalue weighted by atomic mass is 9.91. The maximum atomic E-state index is 11.9. The van der Waals surface area contributed by atoms with E-state index in [-0.39, 0.29) is 12.0 Å². The average molecular weight is 406 g/mol. The molecule has 0 aliphatic carbocycles. The summed E-state index contributed by atoms with van der Waals surface area (Å²) in [5, 5.41) is 4.30. The van der Waals surface area contributed by atoms with Gasteiger partial charge in [0.15, 0.2) is 5.82 Å². The molecular formula is C23H26N4O3. The summed E-state index contributed by atoms with van der Waals surface area (Å²) < 4.78 is 10.7. The van der Waals surface area contributed by atoms with Gasteiger partial charge in [-0.1, -0.05) is 65.8 Å². The smallest absolute Gasteiger partial charge is 0.409 e. The van der Waals surface area contributed by atoms with E-state index in [0.717, 1.165) is 24.2 Å². The van der Waals surface area contributed by atoms with E-state index < -0.39 is 0 Å². The Bertz CT molecular complexity index is 898. The molecule has 30 heavy (non-hydrogen) atoms. The zero-order valence-corrected chi connectivity index (χ0v) is 17.1. The molecule has 1 saturated heterocycles. The van der Waals surface area contributed by atoms with Crippen LogP contribution in [0.3, 0.4) is 0 Å². The van der Waals surface area contributed by atoms with Crippen molar-refractivity contribution in [1.82, 2.24) is 19.9 Å². The normalized spacial score (nSPS) is 14.8. The fourth-order valence-corrected chi connectivity index (χ4v) is 3.73. The molecule has 7 nitrogen and oxygen atoms in total. The van der Waals surface area contributed by atoms with Gasteiger partial charge in [0.25, 0.3) is 0 Å². The lowest BCUT2D eigenvalue weighted by molar-refractivity contribution is 0.0749. The summed E-state index contributed by atoms with van der Waals surface area (Å²) in [4.78, 5) is 20.5. The van der Waals surface area contributed by atoms with Crippen molar-refractivity contribution in [2.75, 3.05) is 32.8 Å². The molecule has 7 heteroatoms. The van der Waals surface area contributed by atoms with E-state index in [2.05, 4.69) is 34.3 Å². The molecule has 1 aliphatic heterocycles. The van der Waals surface area contributed by atoms with E-state index in [1.54, 1.807) is 4.90 Å². The molecule has 2 aromatic carbocycles. The van der Waals surface area contributed by atoms with Crippen LogP contribution < -0.4 is 0 Å². The predicted octanol–water partition coefficient (Wildman–Crippen LogP) is 3.52. The van der Waals surface area contributed by atoms with Gasteiger partial charge in [-0.2, -0.15) is 4.98 Å². The second kappa shape index (κ2) is 9.54. The number of hydrogen-bond acceptors (Lipinski definition) is 6. The molecule has 1 aromatic heterocycles. The van der Waals surface area contributed by atoms with Crippen molar-refractivity contribution in [3.63, 3.8) is 0 Å². The molecule has 4 rings (SSSR count). The number of amides is 1. The second-order valence-corrected chi connectivity index (χ2v) is 7.26. The molecule has 3 aromatic rings. The molecule has 0 N–H and O–H groups in total. The van der Waals surface area contributed by atoms with Crippen LogP contribution in [0.4, 0.5) is 4.79 Å². The van der Waals surface area contributed by atoms with E-state index in [9.17, 15) is 4.79 Å². The van der Waals surface area contributed by atoms with Crippen LogP contribution in [0.1, 0.15) is 35.7 Å². The summed E-state index contributed by atoms with van der Waals surface area (Å²) >= 11 is 0. The summed E-state index contributed by atoms with van der Waals surface area (Å²) in [7, 11) is 0. The number of piperazine rings is 1. The number of benzene rings is 2. The molecule has 1 amide bonds. The third-order valence-corrected chi connectivity index (χ3v) is 5.26. The molecule has 0 atom stereocenters. The highest BCUT2D eigenvalue weighted by molar-refractivity contribution is 5.67. The summed E-state index contributed by atoms with van der Waals surface area (Å²) in [5.41, 5.74) is 2.25. The van der Waals surface area contributed by atoms with Crippen LogP contribution in [0, 0.1) is 0 Å². The van der Waals surface area contributed by atoms with Crippen molar-refractivity contribution in [2.24, 2.45) is 0 Å². The largest absolute Gasteiger partial charge is 0.450 e. The predicted molar refractivity (Wildman–Crippen MR) is 112 cm³/mol. The third kappa shape index (κ3) is 4.68. The molecule has 0 saturated carbocycles. The van der Waals surface area contributed by atoms with Gasteiger partial charge in [-0.3, -0.25) is 4.90 Å². The average Bonchev–Trinajstić information content (AvgIpc) is 3.24. The van der Waals surface area contributed by atoms with Gasteiger partial charge in [0.05, 0.1) is 19.1 Å². The Hall–Kier alpha value is -3.19. The number of carbonyl (C=O) groups is 1. The van der Waals surface area contributed by atoms with E-state index in [1.165, 1.54) is 0 Å². The Kier molecular flexibility index (Phi) is 6.39. The monoisotopic (exact) mass is 406 g/mol. The minimum Gasteiger partial charge on any atom is -0.450 e. The van der Waals surface area contributed by atoms with Crippen LogP contribution >= 0.6 is 0 Å². The Morgan fingerprint density at radius 3 is 2.17 bits per heavy atom. The first-order valence-electron chi connectivity index (χ1n) is 10.3. The van der Waals surface area contributed by atoms with Gasteiger partial charge in [0.1, 0.15) is 0 Å². The Labute approximate surface area is 176 Å². The summed E-state index contributed by atoms with van der Waals surface area (Å²) in [6, 6.07) is 20.4. The zero-order valence-electron chi connectivity index (χ0n) is 17.1. The Balaban J connectivity index is 1.46. The van der Waals surface area contributed by atoms with Crippen LogP contribution in [0.5, 0.6) is 0 Å². The van der Waals surface area contributed by atoms with Crippen LogP contribution in [0.25, 0.3) is 0 Å². The molecule has 1 fully saturated rings. The van der Waals surface area contributed by atoms with Crippen molar-refractivity contribution >= 4 is 6.09 Å². The van der Waals surface area contributed by atoms with E-state index in [0.29, 0.717) is 38.0 Å². The van der Waals surface area contributed by atoms with Gasteiger partial charge in [0, 0.05) is 26.2 Å². The quantitative estimate of drug-likeness (QED) is 0.624. The minimum absolute atomic E-state index is 0.0782. The molecule has 2 heterocycles. The van der Waals surface area contributed by atoms with Crippen LogP contribution in [0.15, 0.2) is 65.2 Å². The van der Waals surface area contributed by atoms with Gasteiger partial charge in [-0.25, -0.2) is 4.79 Å². The lowest BCUT2D eigenvalue weighted by Gasteiger charge is -2.33. The van der Waals surface area contributed by atoms with Crippen molar-refractivity contribution in [3.05, 3.63) is 83.5 Å². The molecular weight excluding hydrogens is 380 g/mol. The van der Waals surface area contributed by atoms with E-state index >= 15 is 0 Å². The minimum atomic E-state index is -0.245. The maximum Gasteiger partial charge on any atom is 0.409 e. The van der Waals surface area contributed by atoms with Crippen molar-refractivity contribution in [1.29, 1.82) is 0 Å². The van der Waals surface area contributed by atoms with E-state index in [1.807, 2.05) is 43.3 Å². The number of ether oxygens (including phenoxy) is 1. The standard InChI is InChI=1S/C23H26N4O3/c1-2-29-23(28)27-15-13-26(14-16-27)17-20-24-22(25-30-20)21(18-9-5-3-6-10-18)19-11-7-4-8-12-19/h3-12,21H,2,13-17H2,1H3. The van der Waals surface area contributed by atoms with Gasteiger partial charge in [-0.15, -0.1) is 0 Å². The molecule has 0 radical (unpaired) electrons. The highest BCUT2D eigenvalue weighted by atomic mass is 16.6. The first kappa shape index (κ1) is 20.1. The summed E-state index contributed by atoms with van der Waals surface area (Å²) in [6.07, 6.45) is -0.245. The second-order valence-electron chi connectivity index (χ2n) is 7.26. The molecule has 0 bridgehead atoms. The number of carbonyl (C=O) groups excluding carboxylic acids is 1. The van der Waals surface area contributed by atoms with Crippen molar-refractivity contribution < 1.29 is 14.1 Å². The van der Waals surface area contributed by atoms with Gasteiger partial charge >= 0.3 is 6.09 Å². The first-order chi connectivity index (χ1) is 14.7. The SMILES string of the molecule is CCOC(=O)N1CCN(Cc2nc(C(c3ccccc3)c3ccccc3)no2)CC1. The Morgan fingerprint density at radius 1 is 1.00 bits per heavy atom. The first-order valence-corrected chi connectivity index (χ1v) is 10.3. The zero-order chi connectivity index (χ0) is 20.8.